The lowest BCUT2D eigenvalue weighted by molar-refractivity contribution is -0.121. The zero-order valence-corrected chi connectivity index (χ0v) is 35.0. The van der Waals surface area contributed by atoms with Crippen molar-refractivity contribution < 1.29 is 23.8 Å². The highest BCUT2D eigenvalue weighted by Crippen LogP contribution is 2.39. The van der Waals surface area contributed by atoms with Crippen LogP contribution in [0.3, 0.4) is 0 Å². The fraction of sp³-hybridized carbons (Fsp3) is 0.366. The number of carbonyl (C=O) groups excluding carboxylic acids is 2. The van der Waals surface area contributed by atoms with Crippen LogP contribution in [0.4, 0.5) is 11.5 Å². The van der Waals surface area contributed by atoms with Crippen LogP contribution in [0.1, 0.15) is 51.2 Å². The van der Waals surface area contributed by atoms with Gasteiger partial charge in [0, 0.05) is 58.6 Å². The van der Waals surface area contributed by atoms with E-state index in [2.05, 4.69) is 45.7 Å². The van der Waals surface area contributed by atoms with Crippen LogP contribution in [0.2, 0.25) is 5.02 Å². The molecular weight excluding hydrogens is 784 g/mol. The van der Waals surface area contributed by atoms with Crippen molar-refractivity contribution in [2.45, 2.75) is 39.7 Å². The molecular formula is C41H47ClN8O5S2. The summed E-state index contributed by atoms with van der Waals surface area (Å²) in [7, 11) is 1.81. The van der Waals surface area contributed by atoms with Gasteiger partial charge >= 0.3 is 0 Å². The van der Waals surface area contributed by atoms with Crippen molar-refractivity contribution in [1.29, 1.82) is 0 Å². The number of thiophene rings is 1. The first kappa shape index (κ1) is 42.0. The number of nitrogens with one attached hydrogen (secondary N) is 2. The molecule has 0 bridgehead atoms. The van der Waals surface area contributed by atoms with Crippen molar-refractivity contribution >= 4 is 65.5 Å². The highest BCUT2D eigenvalue weighted by Gasteiger charge is 2.32. The third-order valence-electron chi connectivity index (χ3n) is 9.85. The molecule has 5 aromatic rings. The fourth-order valence-electron chi connectivity index (χ4n) is 6.75. The Hall–Kier alpha value is -4.64. The maximum atomic E-state index is 13.2. The van der Waals surface area contributed by atoms with Crippen LogP contribution in [0, 0.1) is 20.8 Å². The van der Waals surface area contributed by atoms with E-state index in [-0.39, 0.29) is 31.7 Å². The average molecular weight is 831 g/mol. The number of hydrogen-bond donors (Lipinski definition) is 2. The van der Waals surface area contributed by atoms with Gasteiger partial charge in [-0.05, 0) is 73.9 Å². The van der Waals surface area contributed by atoms with Crippen LogP contribution in [0.5, 0.6) is 0 Å². The molecule has 2 aromatic carbocycles. The Balaban J connectivity index is 0.00000549. The number of amides is 2. The van der Waals surface area contributed by atoms with Crippen molar-refractivity contribution in [3.63, 3.8) is 0 Å². The van der Waals surface area contributed by atoms with Crippen molar-refractivity contribution in [1.82, 2.24) is 25.1 Å². The van der Waals surface area contributed by atoms with Gasteiger partial charge in [0.25, 0.3) is 0 Å². The molecule has 16 heteroatoms. The highest BCUT2D eigenvalue weighted by molar-refractivity contribution is 7.59. The molecule has 2 aliphatic heterocycles. The number of carbonyl (C=O) groups is 2. The fourth-order valence-corrected chi connectivity index (χ4v) is 8.09. The number of likely N-dealkylation sites (N-methyl/N-ethyl adjacent to an activating group) is 1. The summed E-state index contributed by atoms with van der Waals surface area (Å²) < 4.78 is 19.0. The Labute approximate surface area is 348 Å². The normalized spacial score (nSPS) is 14.3. The molecule has 13 nitrogen and oxygen atoms in total. The number of aryl methyl sites for hydroxylation is 2. The minimum atomic E-state index is -0.532. The Kier molecular flexibility index (Phi) is 14.1. The maximum absolute atomic E-state index is 13.2. The number of rotatable bonds is 17. The first-order chi connectivity index (χ1) is 27.2. The number of fused-ring (bicyclic) bond motifs is 4. The van der Waals surface area contributed by atoms with Gasteiger partial charge in [-0.3, -0.25) is 19.1 Å². The van der Waals surface area contributed by atoms with E-state index >= 15 is 0 Å². The second kappa shape index (κ2) is 19.2. The molecule has 2 aliphatic rings. The van der Waals surface area contributed by atoms with Gasteiger partial charge in [0.1, 0.15) is 22.7 Å². The van der Waals surface area contributed by atoms with Gasteiger partial charge in [0.15, 0.2) is 5.82 Å². The van der Waals surface area contributed by atoms with E-state index in [9.17, 15) is 9.59 Å². The predicted molar refractivity (Wildman–Crippen MR) is 229 cm³/mol. The number of ether oxygens (including phenoxy) is 3. The SMILES string of the molecule is Cc1sc2c(c1C)C(c1ccc(Cl)cc1)=N[C@@H](CC(=O)NCCOCCOCCOCCNc1ccc(-c3ccc4c(c3)CC(=O)N4C)cn1)c1nnc(C)n1-2.S. The summed E-state index contributed by atoms with van der Waals surface area (Å²) in [4.78, 5) is 37.7. The lowest BCUT2D eigenvalue weighted by Crippen LogP contribution is -2.29. The summed E-state index contributed by atoms with van der Waals surface area (Å²) in [5.41, 5.74) is 7.95. The molecule has 300 valence electrons. The van der Waals surface area contributed by atoms with Gasteiger partial charge in [-0.2, -0.15) is 13.5 Å². The molecule has 0 fully saturated rings. The van der Waals surface area contributed by atoms with E-state index in [0.29, 0.717) is 70.0 Å². The van der Waals surface area contributed by atoms with Crippen LogP contribution in [0.25, 0.3) is 16.1 Å². The average Bonchev–Trinajstić information content (AvgIpc) is 3.79. The van der Waals surface area contributed by atoms with Crippen molar-refractivity contribution in [3.8, 4) is 16.1 Å². The molecule has 0 saturated heterocycles. The van der Waals surface area contributed by atoms with Crippen LogP contribution in [-0.2, 0) is 30.2 Å². The number of nitrogens with zero attached hydrogens (tertiary/aromatic N) is 6. The number of anilines is 2. The van der Waals surface area contributed by atoms with Gasteiger partial charge in [-0.1, -0.05) is 29.8 Å². The highest BCUT2D eigenvalue weighted by atomic mass is 35.5. The molecule has 2 N–H and O–H groups in total. The number of aliphatic imine (C=N–C) groups is 1. The molecule has 3 aromatic heterocycles. The van der Waals surface area contributed by atoms with E-state index in [1.807, 2.05) is 73.3 Å². The number of benzene rings is 2. The second-order valence-electron chi connectivity index (χ2n) is 13.6. The molecule has 0 saturated carbocycles. The topological polar surface area (TPSA) is 145 Å². The molecule has 5 heterocycles. The summed E-state index contributed by atoms with van der Waals surface area (Å²) in [5.74, 6) is 2.11. The number of aromatic nitrogens is 4. The van der Waals surface area contributed by atoms with Crippen LogP contribution in [0.15, 0.2) is 65.8 Å². The van der Waals surface area contributed by atoms with Gasteiger partial charge in [0.2, 0.25) is 11.8 Å². The predicted octanol–water partition coefficient (Wildman–Crippen LogP) is 6.16. The Morgan fingerprint density at radius 2 is 1.58 bits per heavy atom. The molecule has 0 aliphatic carbocycles. The van der Waals surface area contributed by atoms with Crippen molar-refractivity contribution in [2.75, 3.05) is 70.0 Å². The Bertz CT molecular complexity index is 2230. The summed E-state index contributed by atoms with van der Waals surface area (Å²) >= 11 is 7.89. The van der Waals surface area contributed by atoms with Gasteiger partial charge in [-0.15, -0.1) is 21.5 Å². The first-order valence-corrected chi connectivity index (χ1v) is 19.8. The third kappa shape index (κ3) is 9.74. The molecule has 7 rings (SSSR count). The molecule has 57 heavy (non-hydrogen) atoms. The van der Waals surface area contributed by atoms with E-state index in [1.54, 1.807) is 16.2 Å². The molecule has 2 amide bonds. The van der Waals surface area contributed by atoms with Crippen LogP contribution < -0.4 is 15.5 Å². The van der Waals surface area contributed by atoms with Gasteiger partial charge in [0.05, 0.1) is 58.2 Å². The maximum Gasteiger partial charge on any atom is 0.231 e. The molecule has 0 unspecified atom stereocenters. The van der Waals surface area contributed by atoms with E-state index in [4.69, 9.17) is 30.8 Å². The third-order valence-corrected chi connectivity index (χ3v) is 11.3. The first-order valence-electron chi connectivity index (χ1n) is 18.6. The summed E-state index contributed by atoms with van der Waals surface area (Å²) in [6.07, 6.45) is 2.38. The lowest BCUT2D eigenvalue weighted by Gasteiger charge is -2.13. The van der Waals surface area contributed by atoms with Crippen LogP contribution >= 0.6 is 36.4 Å². The van der Waals surface area contributed by atoms with E-state index in [1.165, 1.54) is 4.88 Å². The second-order valence-corrected chi connectivity index (χ2v) is 15.3. The zero-order valence-electron chi connectivity index (χ0n) is 32.4. The Morgan fingerprint density at radius 3 is 2.30 bits per heavy atom. The minimum absolute atomic E-state index is 0. The quantitative estimate of drug-likeness (QED) is 0.105. The number of halogens is 1. The van der Waals surface area contributed by atoms with E-state index < -0.39 is 6.04 Å². The number of pyridine rings is 1. The zero-order chi connectivity index (χ0) is 39.2. The molecule has 0 spiro atoms. The summed E-state index contributed by atoms with van der Waals surface area (Å²) in [6.45, 7) is 9.69. The Morgan fingerprint density at radius 1 is 0.895 bits per heavy atom. The van der Waals surface area contributed by atoms with Gasteiger partial charge < -0.3 is 29.7 Å². The van der Waals surface area contributed by atoms with Gasteiger partial charge in [-0.25, -0.2) is 4.98 Å². The summed E-state index contributed by atoms with van der Waals surface area (Å²) in [5, 5.41) is 16.7. The monoisotopic (exact) mass is 830 g/mol. The lowest BCUT2D eigenvalue weighted by atomic mass is 9.99. The van der Waals surface area contributed by atoms with Crippen molar-refractivity contribution in [3.05, 3.63) is 105 Å². The largest absolute Gasteiger partial charge is 0.377 e. The van der Waals surface area contributed by atoms with Crippen molar-refractivity contribution in [2.24, 2.45) is 4.99 Å². The standard InChI is InChI=1S/C41H45ClN8O5S.H2S/c1-25-26(2)56-41-38(25)39(28-5-9-32(42)10-6-28)46-33(40-48-47-27(3)50(40)41)23-36(51)44-14-16-54-18-20-55-19-17-53-15-13-43-35-12-8-30(24-45-35)29-7-11-34-31(21-29)22-37(52)49(34)4;/h5-12,21,24,33H,13-20,22-23H2,1-4H3,(H,43,45)(H,44,51);1H2/t33-;/m0./s1. The molecule has 1 atom stereocenters. The van der Waals surface area contributed by atoms with E-state index in [0.717, 1.165) is 61.4 Å². The summed E-state index contributed by atoms with van der Waals surface area (Å²) in [6, 6.07) is 17.1. The molecule has 0 radical (unpaired) electrons. The smallest absolute Gasteiger partial charge is 0.231 e. The van der Waals surface area contributed by atoms with Crippen LogP contribution in [-0.4, -0.2) is 97.1 Å². The minimum Gasteiger partial charge on any atom is -0.377 e. The number of hydrogen-bond acceptors (Lipinski definition) is 11.